The summed E-state index contributed by atoms with van der Waals surface area (Å²) in [7, 11) is 0. The van der Waals surface area contributed by atoms with Crippen LogP contribution in [0.25, 0.3) is 0 Å². The number of ether oxygens (including phenoxy) is 2. The van der Waals surface area contributed by atoms with Crippen LogP contribution in [0.1, 0.15) is 49.3 Å². The molecule has 1 N–H and O–H groups in total. The van der Waals surface area contributed by atoms with E-state index in [1.807, 2.05) is 70.5 Å². The van der Waals surface area contributed by atoms with E-state index in [0.717, 1.165) is 30.4 Å². The fourth-order valence-electron chi connectivity index (χ4n) is 7.85. The number of nitrogens with zero attached hydrogens (tertiary/aromatic N) is 2. The highest BCUT2D eigenvalue weighted by molar-refractivity contribution is 5.84. The Labute approximate surface area is 223 Å². The number of aliphatic hydroxyl groups is 1. The zero-order chi connectivity index (χ0) is 26.0. The van der Waals surface area contributed by atoms with E-state index in [0.29, 0.717) is 25.6 Å². The normalized spacial score (nSPS) is 38.7. The van der Waals surface area contributed by atoms with Crippen molar-refractivity contribution in [1.82, 2.24) is 9.80 Å². The molecule has 0 aromatic heterocycles. The molecule has 6 aliphatic rings. The lowest BCUT2D eigenvalue weighted by Gasteiger charge is -2.24. The van der Waals surface area contributed by atoms with E-state index in [1.54, 1.807) is 0 Å². The minimum absolute atomic E-state index is 0.00936. The number of hydrogen-bond acceptors (Lipinski definition) is 5. The monoisotopic (exact) mass is 514 g/mol. The van der Waals surface area contributed by atoms with Gasteiger partial charge in [-0.1, -0.05) is 72.8 Å². The van der Waals surface area contributed by atoms with Crippen LogP contribution in [0.5, 0.6) is 0 Å². The van der Waals surface area contributed by atoms with Crippen LogP contribution in [0.15, 0.2) is 72.8 Å². The van der Waals surface area contributed by atoms with Crippen molar-refractivity contribution >= 4 is 11.8 Å². The summed E-state index contributed by atoms with van der Waals surface area (Å²) >= 11 is 0. The number of rotatable bonds is 2. The highest BCUT2D eigenvalue weighted by atomic mass is 16.5. The number of amides is 2. The minimum atomic E-state index is -0.308. The molecular formula is C31H34N2O5. The van der Waals surface area contributed by atoms with Gasteiger partial charge < -0.3 is 24.4 Å². The molecule has 0 radical (unpaired) electrons. The Bertz CT molecular complexity index is 1240. The first-order chi connectivity index (χ1) is 18.5. The van der Waals surface area contributed by atoms with Gasteiger partial charge in [0.25, 0.3) is 0 Å². The molecule has 198 valence electrons. The number of carbonyl (C=O) groups is 2. The van der Waals surface area contributed by atoms with E-state index >= 15 is 0 Å². The molecule has 4 saturated heterocycles. The third kappa shape index (κ3) is 3.74. The van der Waals surface area contributed by atoms with Crippen molar-refractivity contribution in [3.05, 3.63) is 83.9 Å². The van der Waals surface area contributed by atoms with Gasteiger partial charge in [-0.2, -0.15) is 0 Å². The third-order valence-corrected chi connectivity index (χ3v) is 9.51. The molecule has 6 fully saturated rings. The van der Waals surface area contributed by atoms with Crippen LogP contribution >= 0.6 is 0 Å². The molecule has 7 nitrogen and oxygen atoms in total. The van der Waals surface area contributed by atoms with Crippen LogP contribution in [0, 0.1) is 23.7 Å². The third-order valence-electron chi connectivity index (χ3n) is 9.51. The Morgan fingerprint density at radius 2 is 1.24 bits per heavy atom. The van der Waals surface area contributed by atoms with E-state index in [9.17, 15) is 14.7 Å². The zero-order valence-electron chi connectivity index (χ0n) is 21.4. The van der Waals surface area contributed by atoms with Crippen molar-refractivity contribution < 1.29 is 24.2 Å². The second kappa shape index (κ2) is 9.33. The summed E-state index contributed by atoms with van der Waals surface area (Å²) in [6.07, 6.45) is 2.50. The summed E-state index contributed by atoms with van der Waals surface area (Å²) in [5, 5.41) is 9.74. The highest BCUT2D eigenvalue weighted by Gasteiger charge is 2.58. The molecule has 8 rings (SSSR count). The summed E-state index contributed by atoms with van der Waals surface area (Å²) in [4.78, 5) is 29.0. The molecule has 2 amide bonds. The maximum absolute atomic E-state index is 12.6. The summed E-state index contributed by atoms with van der Waals surface area (Å²) in [5.74, 6) is 1.30. The number of fused-ring (bicyclic) bond motifs is 6. The van der Waals surface area contributed by atoms with Crippen molar-refractivity contribution in [3.63, 3.8) is 0 Å². The number of hydrogen-bond donors (Lipinski definition) is 1. The fourth-order valence-corrected chi connectivity index (χ4v) is 7.85. The largest absolute Gasteiger partial charge is 0.393 e. The van der Waals surface area contributed by atoms with Gasteiger partial charge in [0.15, 0.2) is 12.5 Å². The molecule has 0 spiro atoms. The fraction of sp³-hybridized carbons (Fsp3) is 0.484. The topological polar surface area (TPSA) is 79.3 Å². The predicted octanol–water partition coefficient (Wildman–Crippen LogP) is 3.82. The Balaban J connectivity index is 0.000000127. The van der Waals surface area contributed by atoms with Gasteiger partial charge in [0.2, 0.25) is 11.8 Å². The van der Waals surface area contributed by atoms with Crippen molar-refractivity contribution in [3.8, 4) is 0 Å². The van der Waals surface area contributed by atoms with Gasteiger partial charge in [-0.15, -0.1) is 0 Å². The van der Waals surface area contributed by atoms with Gasteiger partial charge >= 0.3 is 0 Å². The van der Waals surface area contributed by atoms with E-state index in [4.69, 9.17) is 9.47 Å². The Hall–Kier alpha value is -3.00. The first kappa shape index (κ1) is 24.1. The Kier molecular flexibility index (Phi) is 5.91. The quantitative estimate of drug-likeness (QED) is 0.617. The number of allylic oxidation sites excluding steroid dienone is 1. The van der Waals surface area contributed by atoms with Crippen LogP contribution < -0.4 is 0 Å². The van der Waals surface area contributed by atoms with Gasteiger partial charge in [0.1, 0.15) is 0 Å². The van der Waals surface area contributed by atoms with Gasteiger partial charge in [0.05, 0.1) is 31.4 Å². The van der Waals surface area contributed by atoms with Crippen LogP contribution in [0.4, 0.5) is 0 Å². The van der Waals surface area contributed by atoms with Crippen molar-refractivity contribution in [1.29, 1.82) is 0 Å². The molecule has 2 aromatic rings. The Morgan fingerprint density at radius 3 is 1.82 bits per heavy atom. The number of carbonyl (C=O) groups excluding carboxylic acids is 2. The number of aliphatic hydroxyl groups excluding tert-OH is 1. The van der Waals surface area contributed by atoms with Crippen molar-refractivity contribution in [2.24, 2.45) is 23.7 Å². The standard InChI is InChI=1S/C16H17NO2.C15H17NO3/c1-10-7-12-13(8-10)15(18)17-14(12)9-19-16(17)11-5-3-2-4-6-11;17-10-6-11-12(7-10)14(18)16-13(11)8-19-15(16)9-4-2-1-3-5-9/h2-6,12-14,16H,1,7-9H2;1-5,10-13,15,17H,6-8H2/t12-,13?,14?,16?;10?,11-,12?,13?,15?/m00/s1. The van der Waals surface area contributed by atoms with Crippen molar-refractivity contribution in [2.45, 2.75) is 56.3 Å². The zero-order valence-corrected chi connectivity index (χ0v) is 21.4. The van der Waals surface area contributed by atoms with E-state index < -0.39 is 0 Å². The average Bonchev–Trinajstić information content (AvgIpc) is 3.76. The number of benzene rings is 2. The first-order valence-corrected chi connectivity index (χ1v) is 13.8. The lowest BCUT2D eigenvalue weighted by Crippen LogP contribution is -2.34. The summed E-state index contributed by atoms with van der Waals surface area (Å²) in [5.41, 5.74) is 3.35. The van der Waals surface area contributed by atoms with Crippen LogP contribution in [-0.4, -0.2) is 58.1 Å². The van der Waals surface area contributed by atoms with Crippen LogP contribution in [0.3, 0.4) is 0 Å². The molecule has 4 heterocycles. The van der Waals surface area contributed by atoms with Crippen LogP contribution in [-0.2, 0) is 19.1 Å². The Morgan fingerprint density at radius 1 is 0.711 bits per heavy atom. The molecule has 0 bridgehead atoms. The molecular weight excluding hydrogens is 480 g/mol. The van der Waals surface area contributed by atoms with Gasteiger partial charge in [-0.3, -0.25) is 9.59 Å². The molecule has 7 heteroatoms. The van der Waals surface area contributed by atoms with Crippen molar-refractivity contribution in [2.75, 3.05) is 13.2 Å². The molecule has 2 saturated carbocycles. The average molecular weight is 515 g/mol. The highest BCUT2D eigenvalue weighted by Crippen LogP contribution is 2.51. The SMILES string of the molecule is C=C1CC2C(=O)N3C(c4ccccc4)OCC3[C@H]2C1.O=C1C2CC(O)C[C@@H]2C2COC(c3ccccc3)N12. The summed E-state index contributed by atoms with van der Waals surface area (Å²) in [6.45, 7) is 5.31. The maximum Gasteiger partial charge on any atom is 0.229 e. The summed E-state index contributed by atoms with van der Waals surface area (Å²) in [6, 6.07) is 20.4. The molecule has 9 atom stereocenters. The van der Waals surface area contributed by atoms with Crippen LogP contribution in [0.2, 0.25) is 0 Å². The van der Waals surface area contributed by atoms with Gasteiger partial charge in [-0.05, 0) is 37.5 Å². The first-order valence-electron chi connectivity index (χ1n) is 13.8. The molecule has 4 aliphatic heterocycles. The minimum Gasteiger partial charge on any atom is -0.393 e. The van der Waals surface area contributed by atoms with E-state index in [1.165, 1.54) is 5.57 Å². The summed E-state index contributed by atoms with van der Waals surface area (Å²) < 4.78 is 11.7. The molecule has 38 heavy (non-hydrogen) atoms. The lowest BCUT2D eigenvalue weighted by molar-refractivity contribution is -0.138. The van der Waals surface area contributed by atoms with Gasteiger partial charge in [-0.25, -0.2) is 0 Å². The lowest BCUT2D eigenvalue weighted by atomic mass is 9.94. The van der Waals surface area contributed by atoms with E-state index in [-0.39, 0.29) is 60.2 Å². The van der Waals surface area contributed by atoms with E-state index in [2.05, 4.69) is 6.58 Å². The molecule has 2 aromatic carbocycles. The smallest absolute Gasteiger partial charge is 0.229 e. The molecule has 7 unspecified atom stereocenters. The maximum atomic E-state index is 12.6. The molecule has 2 aliphatic carbocycles. The van der Waals surface area contributed by atoms with Gasteiger partial charge in [0, 0.05) is 23.0 Å². The predicted molar refractivity (Wildman–Crippen MR) is 139 cm³/mol. The second-order valence-electron chi connectivity index (χ2n) is 11.6. The second-order valence-corrected chi connectivity index (χ2v) is 11.6.